The zero-order valence-electron chi connectivity index (χ0n) is 13.0. The normalized spacial score (nSPS) is 15.0. The lowest BCUT2D eigenvalue weighted by Gasteiger charge is -2.06. The van der Waals surface area contributed by atoms with Crippen molar-refractivity contribution >= 4 is 39.1 Å². The van der Waals surface area contributed by atoms with Gasteiger partial charge in [0.15, 0.2) is 0 Å². The van der Waals surface area contributed by atoms with E-state index in [1.807, 2.05) is 18.2 Å². The van der Waals surface area contributed by atoms with Gasteiger partial charge >= 0.3 is 0 Å². The first-order valence-electron chi connectivity index (χ1n) is 7.64. The highest BCUT2D eigenvalue weighted by Crippen LogP contribution is 2.34. The van der Waals surface area contributed by atoms with Crippen molar-refractivity contribution in [2.45, 2.75) is 31.2 Å². The number of nitriles is 1. The van der Waals surface area contributed by atoms with Crippen molar-refractivity contribution < 1.29 is 9.21 Å². The molecular formula is C16H12ClN5O2S. The van der Waals surface area contributed by atoms with E-state index in [1.165, 1.54) is 11.3 Å². The number of hydrogen-bond acceptors (Lipinski definition) is 7. The van der Waals surface area contributed by atoms with Crippen LogP contribution in [0.3, 0.4) is 0 Å². The zero-order valence-corrected chi connectivity index (χ0v) is 14.5. The molecule has 0 saturated heterocycles. The molecule has 1 aliphatic carbocycles. The largest absolute Gasteiger partial charge is 0.424 e. The first-order chi connectivity index (χ1) is 12.0. The van der Waals surface area contributed by atoms with Crippen LogP contribution in [0.4, 0.5) is 0 Å². The molecule has 126 valence electrons. The Bertz CT molecular complexity index is 1000. The minimum atomic E-state index is -0.692. The van der Waals surface area contributed by atoms with Crippen molar-refractivity contribution in [2.24, 2.45) is 0 Å². The number of carbonyl (C=O) groups excluding carboxylic acids is 1. The molecule has 1 amide bonds. The van der Waals surface area contributed by atoms with Gasteiger partial charge in [0.1, 0.15) is 17.0 Å². The number of halogens is 1. The molecule has 0 bridgehead atoms. The second-order valence-corrected chi connectivity index (χ2v) is 7.46. The lowest BCUT2D eigenvalue weighted by molar-refractivity contribution is -0.121. The molecule has 9 heteroatoms. The lowest BCUT2D eigenvalue weighted by atomic mass is 10.3. The van der Waals surface area contributed by atoms with E-state index < -0.39 is 5.54 Å². The van der Waals surface area contributed by atoms with Gasteiger partial charge in [0, 0.05) is 5.02 Å². The minimum Gasteiger partial charge on any atom is -0.424 e. The fraction of sp³-hybridized carbons (Fsp3) is 0.312. The first kappa shape index (κ1) is 16.0. The highest BCUT2D eigenvalue weighted by molar-refractivity contribution is 7.18. The maximum Gasteiger partial charge on any atom is 0.230 e. The van der Waals surface area contributed by atoms with Crippen LogP contribution in [-0.2, 0) is 17.6 Å². The fourth-order valence-corrected chi connectivity index (χ4v) is 3.53. The van der Waals surface area contributed by atoms with Crippen LogP contribution >= 0.6 is 22.9 Å². The van der Waals surface area contributed by atoms with Crippen LogP contribution in [0.15, 0.2) is 22.6 Å². The summed E-state index contributed by atoms with van der Waals surface area (Å²) >= 11 is 7.50. The van der Waals surface area contributed by atoms with Gasteiger partial charge in [-0.1, -0.05) is 11.6 Å². The Morgan fingerprint density at radius 3 is 2.96 bits per heavy atom. The van der Waals surface area contributed by atoms with Gasteiger partial charge in [-0.2, -0.15) is 5.26 Å². The van der Waals surface area contributed by atoms with E-state index in [2.05, 4.69) is 26.6 Å². The number of benzene rings is 1. The molecule has 1 saturated carbocycles. The van der Waals surface area contributed by atoms with Gasteiger partial charge in [0.2, 0.25) is 17.7 Å². The molecule has 1 aliphatic rings. The predicted octanol–water partition coefficient (Wildman–Crippen LogP) is 2.64. The number of amides is 1. The van der Waals surface area contributed by atoms with Crippen LogP contribution in [0.25, 0.3) is 10.2 Å². The maximum atomic E-state index is 11.9. The van der Waals surface area contributed by atoms with Gasteiger partial charge in [0.25, 0.3) is 0 Å². The van der Waals surface area contributed by atoms with Gasteiger partial charge in [-0.05, 0) is 31.0 Å². The lowest BCUT2D eigenvalue weighted by Crippen LogP contribution is -2.36. The zero-order chi connectivity index (χ0) is 17.4. The minimum absolute atomic E-state index is 0.0358. The number of aromatic nitrogens is 3. The maximum absolute atomic E-state index is 11.9. The Hall–Kier alpha value is -2.50. The molecule has 2 heterocycles. The summed E-state index contributed by atoms with van der Waals surface area (Å²) in [5.74, 6) is 0.337. The number of nitrogens with one attached hydrogen (secondary N) is 1. The summed E-state index contributed by atoms with van der Waals surface area (Å²) < 4.78 is 6.55. The van der Waals surface area contributed by atoms with Crippen molar-refractivity contribution in [1.29, 1.82) is 5.26 Å². The third kappa shape index (κ3) is 3.48. The Balaban J connectivity index is 1.42. The number of carbonyl (C=O) groups is 1. The van der Waals surface area contributed by atoms with Gasteiger partial charge < -0.3 is 9.73 Å². The van der Waals surface area contributed by atoms with E-state index in [0.29, 0.717) is 30.2 Å². The van der Waals surface area contributed by atoms with Gasteiger partial charge in [-0.15, -0.1) is 21.5 Å². The molecule has 2 aromatic heterocycles. The van der Waals surface area contributed by atoms with Crippen molar-refractivity contribution in [2.75, 3.05) is 0 Å². The summed E-state index contributed by atoms with van der Waals surface area (Å²) in [5, 5.41) is 21.0. The van der Waals surface area contributed by atoms with Gasteiger partial charge in [-0.25, -0.2) is 4.98 Å². The quantitative estimate of drug-likeness (QED) is 0.737. The second-order valence-electron chi connectivity index (χ2n) is 5.90. The van der Waals surface area contributed by atoms with Crippen LogP contribution in [0.5, 0.6) is 0 Å². The average molecular weight is 374 g/mol. The molecule has 1 aromatic carbocycles. The smallest absolute Gasteiger partial charge is 0.230 e. The van der Waals surface area contributed by atoms with Crippen molar-refractivity contribution in [1.82, 2.24) is 20.5 Å². The second kappa shape index (κ2) is 6.10. The molecule has 0 unspecified atom stereocenters. The number of hydrogen-bond donors (Lipinski definition) is 1. The third-order valence-corrected chi connectivity index (χ3v) is 5.13. The molecule has 0 radical (unpaired) electrons. The van der Waals surface area contributed by atoms with Crippen molar-refractivity contribution in [3.8, 4) is 6.07 Å². The Morgan fingerprint density at radius 2 is 2.20 bits per heavy atom. The number of fused-ring (bicyclic) bond motifs is 1. The van der Waals surface area contributed by atoms with E-state index >= 15 is 0 Å². The summed E-state index contributed by atoms with van der Waals surface area (Å²) in [6.45, 7) is 0. The van der Waals surface area contributed by atoms with Crippen LogP contribution in [0, 0.1) is 11.3 Å². The molecule has 1 N–H and O–H groups in total. The number of nitrogens with zero attached hydrogens (tertiary/aromatic N) is 4. The van der Waals surface area contributed by atoms with Crippen LogP contribution in [0.2, 0.25) is 5.02 Å². The monoisotopic (exact) mass is 373 g/mol. The Kier molecular flexibility index (Phi) is 3.90. The van der Waals surface area contributed by atoms with Crippen molar-refractivity contribution in [3.05, 3.63) is 40.0 Å². The Morgan fingerprint density at radius 1 is 1.40 bits per heavy atom. The highest BCUT2D eigenvalue weighted by Gasteiger charge is 2.44. The van der Waals surface area contributed by atoms with Crippen LogP contribution in [0.1, 0.15) is 29.6 Å². The third-order valence-electron chi connectivity index (χ3n) is 3.86. The molecule has 1 fully saturated rings. The average Bonchev–Trinajstić information content (AvgIpc) is 3.02. The Labute approximate surface area is 151 Å². The van der Waals surface area contributed by atoms with E-state index in [1.54, 1.807) is 0 Å². The van der Waals surface area contributed by atoms with E-state index in [-0.39, 0.29) is 18.2 Å². The van der Waals surface area contributed by atoms with E-state index in [4.69, 9.17) is 21.3 Å². The topological polar surface area (TPSA) is 105 Å². The van der Waals surface area contributed by atoms with Gasteiger partial charge in [0.05, 0.1) is 22.7 Å². The SMILES string of the molecule is N#CC1(NC(=O)Cc2nnc(Cc3nc4cc(Cl)ccc4s3)o2)CC1. The molecule has 0 atom stereocenters. The summed E-state index contributed by atoms with van der Waals surface area (Å²) in [7, 11) is 0. The summed E-state index contributed by atoms with van der Waals surface area (Å²) in [6, 6.07) is 7.66. The van der Waals surface area contributed by atoms with Crippen molar-refractivity contribution in [3.63, 3.8) is 0 Å². The van der Waals surface area contributed by atoms with Gasteiger partial charge in [-0.3, -0.25) is 4.79 Å². The first-order valence-corrected chi connectivity index (χ1v) is 8.83. The van der Waals surface area contributed by atoms with Crippen LogP contribution < -0.4 is 5.32 Å². The molecule has 0 spiro atoms. The number of thiazole rings is 1. The molecule has 4 rings (SSSR count). The highest BCUT2D eigenvalue weighted by atomic mass is 35.5. The molecular weight excluding hydrogens is 362 g/mol. The molecule has 3 aromatic rings. The predicted molar refractivity (Wildman–Crippen MR) is 91.2 cm³/mol. The van der Waals surface area contributed by atoms with E-state index in [9.17, 15) is 4.79 Å². The molecule has 25 heavy (non-hydrogen) atoms. The van der Waals surface area contributed by atoms with E-state index in [0.717, 1.165) is 15.2 Å². The summed E-state index contributed by atoms with van der Waals surface area (Å²) in [5.41, 5.74) is 0.139. The molecule has 7 nitrogen and oxygen atoms in total. The standard InChI is InChI=1S/C16H12ClN5O2S/c17-9-1-2-11-10(5-9)19-15(25-11)7-14-22-21-13(24-14)6-12(23)20-16(8-18)3-4-16/h1-2,5H,3-4,6-7H2,(H,20,23). The van der Waals surface area contributed by atoms with Crippen LogP contribution in [-0.4, -0.2) is 26.6 Å². The summed E-state index contributed by atoms with van der Waals surface area (Å²) in [4.78, 5) is 16.4. The molecule has 0 aliphatic heterocycles. The fourth-order valence-electron chi connectivity index (χ4n) is 2.42. The summed E-state index contributed by atoms with van der Waals surface area (Å²) in [6.07, 6.45) is 1.73. The number of rotatable bonds is 5.